The molecule has 0 atom stereocenters. The van der Waals surface area contributed by atoms with Crippen LogP contribution in [0.2, 0.25) is 0 Å². The zero-order valence-corrected chi connectivity index (χ0v) is 11.3. The van der Waals surface area contributed by atoms with Crippen LogP contribution in [0.1, 0.15) is 43.0 Å². The first kappa shape index (κ1) is 12.4. The fraction of sp³-hybridized carbons (Fsp3) is 0.438. The van der Waals surface area contributed by atoms with Gasteiger partial charge in [-0.05, 0) is 38.2 Å². The van der Waals surface area contributed by atoms with Gasteiger partial charge in [-0.15, -0.1) is 0 Å². The quantitative estimate of drug-likeness (QED) is 0.865. The molecule has 3 nitrogen and oxygen atoms in total. The van der Waals surface area contributed by atoms with Crippen LogP contribution in [0, 0.1) is 6.92 Å². The van der Waals surface area contributed by atoms with E-state index in [9.17, 15) is 5.11 Å². The van der Waals surface area contributed by atoms with Gasteiger partial charge in [0.25, 0.3) is 0 Å². The summed E-state index contributed by atoms with van der Waals surface area (Å²) in [6.45, 7) is 2.12. The molecule has 3 heteroatoms. The summed E-state index contributed by atoms with van der Waals surface area (Å²) in [6, 6.07) is 8.35. The molecule has 1 aromatic carbocycles. The SMILES string of the molecule is Cc1ccccc1-c1cnc(C2CCC(O)CC2)[nH]1. The number of aliphatic hydroxyl groups is 1. The van der Waals surface area contributed by atoms with Gasteiger partial charge in [-0.25, -0.2) is 4.98 Å². The average Bonchev–Trinajstić information content (AvgIpc) is 2.89. The molecular formula is C16H20N2O. The van der Waals surface area contributed by atoms with E-state index in [0.717, 1.165) is 37.2 Å². The van der Waals surface area contributed by atoms with E-state index in [1.165, 1.54) is 11.1 Å². The van der Waals surface area contributed by atoms with Gasteiger partial charge in [0.1, 0.15) is 5.82 Å². The van der Waals surface area contributed by atoms with Crippen LogP contribution in [0.3, 0.4) is 0 Å². The molecule has 1 heterocycles. The van der Waals surface area contributed by atoms with E-state index in [2.05, 4.69) is 41.2 Å². The molecule has 1 saturated carbocycles. The number of aromatic amines is 1. The van der Waals surface area contributed by atoms with Crippen molar-refractivity contribution in [3.63, 3.8) is 0 Å². The van der Waals surface area contributed by atoms with E-state index < -0.39 is 0 Å². The molecular weight excluding hydrogens is 236 g/mol. The lowest BCUT2D eigenvalue weighted by Gasteiger charge is -2.23. The summed E-state index contributed by atoms with van der Waals surface area (Å²) in [5, 5.41) is 9.56. The monoisotopic (exact) mass is 256 g/mol. The van der Waals surface area contributed by atoms with E-state index in [1.807, 2.05) is 6.20 Å². The summed E-state index contributed by atoms with van der Waals surface area (Å²) in [7, 11) is 0. The molecule has 1 aliphatic carbocycles. The number of hydrogen-bond acceptors (Lipinski definition) is 2. The van der Waals surface area contributed by atoms with Gasteiger partial charge in [-0.1, -0.05) is 24.3 Å². The van der Waals surface area contributed by atoms with Crippen molar-refractivity contribution in [1.82, 2.24) is 9.97 Å². The molecule has 0 bridgehead atoms. The molecule has 1 fully saturated rings. The molecule has 0 aliphatic heterocycles. The third kappa shape index (κ3) is 2.56. The number of rotatable bonds is 2. The highest BCUT2D eigenvalue weighted by molar-refractivity contribution is 5.62. The van der Waals surface area contributed by atoms with Gasteiger partial charge in [0.15, 0.2) is 0 Å². The minimum atomic E-state index is -0.109. The van der Waals surface area contributed by atoms with Crippen molar-refractivity contribution < 1.29 is 5.11 Å². The molecule has 100 valence electrons. The smallest absolute Gasteiger partial charge is 0.109 e. The summed E-state index contributed by atoms with van der Waals surface area (Å²) in [6.07, 6.45) is 5.67. The Morgan fingerprint density at radius 2 is 1.89 bits per heavy atom. The summed E-state index contributed by atoms with van der Waals surface area (Å²) in [5.41, 5.74) is 3.58. The Morgan fingerprint density at radius 1 is 1.16 bits per heavy atom. The van der Waals surface area contributed by atoms with Crippen LogP contribution in [0.4, 0.5) is 0 Å². The first-order valence-corrected chi connectivity index (χ1v) is 7.03. The lowest BCUT2D eigenvalue weighted by atomic mass is 9.87. The fourth-order valence-electron chi connectivity index (χ4n) is 2.91. The number of benzene rings is 1. The topological polar surface area (TPSA) is 48.9 Å². The molecule has 2 N–H and O–H groups in total. The van der Waals surface area contributed by atoms with Crippen LogP contribution in [-0.4, -0.2) is 21.2 Å². The summed E-state index contributed by atoms with van der Waals surface area (Å²) >= 11 is 0. The van der Waals surface area contributed by atoms with Gasteiger partial charge < -0.3 is 10.1 Å². The molecule has 0 spiro atoms. The standard InChI is InChI=1S/C16H20N2O/c1-11-4-2-3-5-14(11)15-10-17-16(18-15)12-6-8-13(19)9-7-12/h2-5,10,12-13,19H,6-9H2,1H3,(H,17,18). The fourth-order valence-corrected chi connectivity index (χ4v) is 2.91. The maximum Gasteiger partial charge on any atom is 0.109 e. The Kier molecular flexibility index (Phi) is 3.38. The van der Waals surface area contributed by atoms with E-state index in [0.29, 0.717) is 5.92 Å². The highest BCUT2D eigenvalue weighted by Gasteiger charge is 2.23. The second-order valence-corrected chi connectivity index (χ2v) is 5.50. The predicted molar refractivity (Wildman–Crippen MR) is 76.0 cm³/mol. The summed E-state index contributed by atoms with van der Waals surface area (Å²) < 4.78 is 0. The van der Waals surface area contributed by atoms with Crippen LogP contribution in [0.5, 0.6) is 0 Å². The molecule has 0 radical (unpaired) electrons. The molecule has 1 aromatic heterocycles. The number of aryl methyl sites for hydroxylation is 1. The third-order valence-electron chi connectivity index (χ3n) is 4.11. The van der Waals surface area contributed by atoms with Crippen LogP contribution < -0.4 is 0 Å². The van der Waals surface area contributed by atoms with Crippen LogP contribution >= 0.6 is 0 Å². The van der Waals surface area contributed by atoms with Gasteiger partial charge in [0.05, 0.1) is 18.0 Å². The van der Waals surface area contributed by atoms with E-state index in [1.54, 1.807) is 0 Å². The minimum absolute atomic E-state index is 0.109. The van der Waals surface area contributed by atoms with Gasteiger partial charge >= 0.3 is 0 Å². The number of aliphatic hydroxyl groups excluding tert-OH is 1. The van der Waals surface area contributed by atoms with Crippen molar-refractivity contribution in [2.75, 3.05) is 0 Å². The lowest BCUT2D eigenvalue weighted by Crippen LogP contribution is -2.17. The Balaban J connectivity index is 1.82. The van der Waals surface area contributed by atoms with Crippen LogP contribution in [0.15, 0.2) is 30.5 Å². The van der Waals surface area contributed by atoms with Gasteiger partial charge in [0, 0.05) is 11.5 Å². The highest BCUT2D eigenvalue weighted by Crippen LogP contribution is 2.32. The molecule has 1 aliphatic rings. The van der Waals surface area contributed by atoms with Crippen molar-refractivity contribution in [3.05, 3.63) is 41.9 Å². The van der Waals surface area contributed by atoms with Crippen molar-refractivity contribution in [2.24, 2.45) is 0 Å². The maximum absolute atomic E-state index is 9.56. The van der Waals surface area contributed by atoms with Gasteiger partial charge in [-0.2, -0.15) is 0 Å². The van der Waals surface area contributed by atoms with Crippen molar-refractivity contribution >= 4 is 0 Å². The number of H-pyrrole nitrogens is 1. The zero-order valence-electron chi connectivity index (χ0n) is 11.3. The Bertz CT molecular complexity index is 553. The Labute approximate surface area is 113 Å². The molecule has 19 heavy (non-hydrogen) atoms. The molecule has 0 saturated heterocycles. The van der Waals surface area contributed by atoms with E-state index in [-0.39, 0.29) is 6.10 Å². The van der Waals surface area contributed by atoms with E-state index >= 15 is 0 Å². The predicted octanol–water partition coefficient (Wildman–Crippen LogP) is 3.40. The first-order valence-electron chi connectivity index (χ1n) is 7.03. The number of nitrogens with one attached hydrogen (secondary N) is 1. The average molecular weight is 256 g/mol. The third-order valence-corrected chi connectivity index (χ3v) is 4.11. The minimum Gasteiger partial charge on any atom is -0.393 e. The van der Waals surface area contributed by atoms with Crippen molar-refractivity contribution in [3.8, 4) is 11.3 Å². The number of aromatic nitrogens is 2. The largest absolute Gasteiger partial charge is 0.393 e. The zero-order chi connectivity index (χ0) is 13.2. The second kappa shape index (κ2) is 5.17. The van der Waals surface area contributed by atoms with Crippen molar-refractivity contribution in [1.29, 1.82) is 0 Å². The normalized spacial score (nSPS) is 23.5. The summed E-state index contributed by atoms with van der Waals surface area (Å²) in [4.78, 5) is 8.01. The molecule has 0 amide bonds. The first-order chi connectivity index (χ1) is 9.24. The molecule has 0 unspecified atom stereocenters. The molecule has 2 aromatic rings. The Morgan fingerprint density at radius 3 is 2.63 bits per heavy atom. The van der Waals surface area contributed by atoms with Crippen LogP contribution in [0.25, 0.3) is 11.3 Å². The molecule has 3 rings (SSSR count). The number of hydrogen-bond donors (Lipinski definition) is 2. The van der Waals surface area contributed by atoms with E-state index in [4.69, 9.17) is 0 Å². The Hall–Kier alpha value is -1.61. The highest BCUT2D eigenvalue weighted by atomic mass is 16.3. The lowest BCUT2D eigenvalue weighted by molar-refractivity contribution is 0.121. The number of imidazole rings is 1. The maximum atomic E-state index is 9.56. The summed E-state index contributed by atoms with van der Waals surface area (Å²) in [5.74, 6) is 1.55. The van der Waals surface area contributed by atoms with Crippen LogP contribution in [-0.2, 0) is 0 Å². The van der Waals surface area contributed by atoms with Gasteiger partial charge in [-0.3, -0.25) is 0 Å². The van der Waals surface area contributed by atoms with Gasteiger partial charge in [0.2, 0.25) is 0 Å². The number of nitrogens with zero attached hydrogens (tertiary/aromatic N) is 1. The van der Waals surface area contributed by atoms with Crippen molar-refractivity contribution in [2.45, 2.75) is 44.6 Å². The second-order valence-electron chi connectivity index (χ2n) is 5.50.